The molecule has 0 aromatic carbocycles. The Balaban J connectivity index is 1.66. The Morgan fingerprint density at radius 1 is 1.33 bits per heavy atom. The van der Waals surface area contributed by atoms with Gasteiger partial charge in [0.2, 0.25) is 5.91 Å². The number of allylic oxidation sites excluding steroid dienone is 3. The van der Waals surface area contributed by atoms with E-state index in [2.05, 4.69) is 24.2 Å². The Morgan fingerprint density at radius 2 is 2.08 bits per heavy atom. The fraction of sp³-hybridized carbons (Fsp3) is 0.526. The number of nitrogens with zero attached hydrogens (tertiary/aromatic N) is 1. The summed E-state index contributed by atoms with van der Waals surface area (Å²) in [5.74, 6) is 0.641. The number of aliphatic imine (C=N–C) groups is 1. The molecule has 2 aliphatic carbocycles. The molecule has 0 bridgehead atoms. The largest absolute Gasteiger partial charge is 0.325 e. The molecule has 3 rings (SSSR count). The molecule has 0 spiro atoms. The Hall–Kier alpha value is -1.62. The van der Waals surface area contributed by atoms with E-state index in [9.17, 15) is 9.59 Å². The number of carbonyl (C=O) groups is 2. The van der Waals surface area contributed by atoms with Crippen LogP contribution in [0.3, 0.4) is 0 Å². The molecule has 4 nitrogen and oxygen atoms in total. The van der Waals surface area contributed by atoms with Crippen molar-refractivity contribution in [2.75, 3.05) is 5.75 Å². The zero-order valence-corrected chi connectivity index (χ0v) is 15.1. The highest BCUT2D eigenvalue weighted by molar-refractivity contribution is 8.00. The van der Waals surface area contributed by atoms with Crippen LogP contribution in [-0.2, 0) is 9.59 Å². The van der Waals surface area contributed by atoms with Crippen LogP contribution in [0.25, 0.3) is 0 Å². The van der Waals surface area contributed by atoms with Crippen LogP contribution in [-0.4, -0.2) is 28.5 Å². The van der Waals surface area contributed by atoms with Crippen molar-refractivity contribution >= 4 is 29.3 Å². The fourth-order valence-corrected chi connectivity index (χ4v) is 4.54. The predicted octanol–water partition coefficient (Wildman–Crippen LogP) is 3.41. The normalized spacial score (nSPS) is 25.5. The lowest BCUT2D eigenvalue weighted by molar-refractivity contribution is -0.116. The molecular formula is C19H24N2O2S. The second kappa shape index (κ2) is 7.51. The van der Waals surface area contributed by atoms with Gasteiger partial charge in [-0.1, -0.05) is 32.8 Å². The van der Waals surface area contributed by atoms with E-state index >= 15 is 0 Å². The van der Waals surface area contributed by atoms with Crippen LogP contribution >= 0.6 is 11.8 Å². The summed E-state index contributed by atoms with van der Waals surface area (Å²) in [6.45, 7) is 4.17. The smallest absolute Gasteiger partial charge is 0.256 e. The maximum Gasteiger partial charge on any atom is 0.256 e. The number of fused-ring (bicyclic) bond motifs is 1. The topological polar surface area (TPSA) is 58.5 Å². The van der Waals surface area contributed by atoms with Crippen molar-refractivity contribution in [2.24, 2.45) is 16.8 Å². The third-order valence-corrected chi connectivity index (χ3v) is 6.04. The van der Waals surface area contributed by atoms with Gasteiger partial charge in [-0.3, -0.25) is 9.59 Å². The molecule has 1 N–H and O–H groups in total. The summed E-state index contributed by atoms with van der Waals surface area (Å²) in [5.41, 5.74) is 2.55. The van der Waals surface area contributed by atoms with Gasteiger partial charge in [-0.2, -0.15) is 0 Å². The summed E-state index contributed by atoms with van der Waals surface area (Å²) in [6.07, 6.45) is 12.4. The number of hydrogen-bond donors (Lipinski definition) is 1. The summed E-state index contributed by atoms with van der Waals surface area (Å²) < 4.78 is 0. The number of amides is 2. The number of rotatable bonds is 4. The quantitative estimate of drug-likeness (QED) is 0.850. The van der Waals surface area contributed by atoms with Gasteiger partial charge >= 0.3 is 0 Å². The van der Waals surface area contributed by atoms with Crippen LogP contribution in [0, 0.1) is 11.8 Å². The van der Waals surface area contributed by atoms with Crippen molar-refractivity contribution < 1.29 is 9.59 Å². The molecule has 0 aromatic rings. The van der Waals surface area contributed by atoms with E-state index in [0.29, 0.717) is 22.6 Å². The van der Waals surface area contributed by atoms with Crippen molar-refractivity contribution in [3.63, 3.8) is 0 Å². The maximum atomic E-state index is 12.1. The minimum absolute atomic E-state index is 0.0876. The van der Waals surface area contributed by atoms with Gasteiger partial charge < -0.3 is 5.32 Å². The average molecular weight is 344 g/mol. The molecule has 1 unspecified atom stereocenters. The molecule has 0 radical (unpaired) electrons. The molecular weight excluding hydrogens is 320 g/mol. The first-order chi connectivity index (χ1) is 11.5. The second-order valence-electron chi connectivity index (χ2n) is 6.87. The molecule has 1 atom stereocenters. The van der Waals surface area contributed by atoms with E-state index in [4.69, 9.17) is 0 Å². The van der Waals surface area contributed by atoms with E-state index in [1.165, 1.54) is 25.7 Å². The van der Waals surface area contributed by atoms with Crippen molar-refractivity contribution in [3.8, 4) is 0 Å². The van der Waals surface area contributed by atoms with Crippen LogP contribution < -0.4 is 5.32 Å². The summed E-state index contributed by atoms with van der Waals surface area (Å²) >= 11 is 1.73. The SMILES string of the molecule is CC(C)C1=CC(=O)NC2=CC(=NC(=O)CSC3CCCC3)C=CC21. The first kappa shape index (κ1) is 17.2. The standard InChI is InChI=1S/C19H24N2O2S/c1-12(2)16-10-18(22)21-17-9-13(7-8-15(16)17)20-19(23)11-24-14-5-3-4-6-14/h7-10,12,14-15H,3-6,11H2,1-2H3,(H,21,22). The Bertz CT molecular complexity index is 652. The van der Waals surface area contributed by atoms with E-state index in [1.807, 2.05) is 18.2 Å². The zero-order valence-electron chi connectivity index (χ0n) is 14.2. The Kier molecular flexibility index (Phi) is 5.39. The third-order valence-electron chi connectivity index (χ3n) is 4.69. The Morgan fingerprint density at radius 3 is 2.79 bits per heavy atom. The van der Waals surface area contributed by atoms with E-state index in [1.54, 1.807) is 17.8 Å². The van der Waals surface area contributed by atoms with Gasteiger partial charge in [0.15, 0.2) is 0 Å². The lowest BCUT2D eigenvalue weighted by atomic mass is 9.82. The molecule has 3 aliphatic rings. The van der Waals surface area contributed by atoms with E-state index < -0.39 is 0 Å². The van der Waals surface area contributed by atoms with Gasteiger partial charge in [0.25, 0.3) is 5.91 Å². The first-order valence-corrected chi connectivity index (χ1v) is 9.73. The van der Waals surface area contributed by atoms with Crippen LogP contribution in [0.4, 0.5) is 0 Å². The molecule has 2 amide bonds. The van der Waals surface area contributed by atoms with E-state index in [-0.39, 0.29) is 17.7 Å². The number of carbonyl (C=O) groups excluding carboxylic acids is 2. The van der Waals surface area contributed by atoms with Gasteiger partial charge in [-0.15, -0.1) is 11.8 Å². The van der Waals surface area contributed by atoms with Crippen LogP contribution in [0.2, 0.25) is 0 Å². The van der Waals surface area contributed by atoms with Crippen molar-refractivity contribution in [1.82, 2.24) is 5.32 Å². The van der Waals surface area contributed by atoms with Crippen LogP contribution in [0.1, 0.15) is 39.5 Å². The minimum atomic E-state index is -0.0982. The van der Waals surface area contributed by atoms with Crippen molar-refractivity contribution in [1.29, 1.82) is 0 Å². The fourth-order valence-electron chi connectivity index (χ4n) is 3.44. The van der Waals surface area contributed by atoms with Gasteiger partial charge in [0.05, 0.1) is 11.5 Å². The van der Waals surface area contributed by atoms with Crippen LogP contribution in [0.15, 0.2) is 40.6 Å². The lowest BCUT2D eigenvalue weighted by Gasteiger charge is -2.29. The minimum Gasteiger partial charge on any atom is -0.325 e. The number of hydrogen-bond acceptors (Lipinski definition) is 3. The molecule has 5 heteroatoms. The predicted molar refractivity (Wildman–Crippen MR) is 98.9 cm³/mol. The number of thioether (sulfide) groups is 1. The second-order valence-corrected chi connectivity index (χ2v) is 8.16. The molecule has 128 valence electrons. The van der Waals surface area contributed by atoms with Gasteiger partial charge in [0, 0.05) is 22.9 Å². The molecule has 1 aliphatic heterocycles. The lowest BCUT2D eigenvalue weighted by Crippen LogP contribution is -2.34. The summed E-state index contributed by atoms with van der Waals surface area (Å²) in [6, 6.07) is 0. The molecule has 24 heavy (non-hydrogen) atoms. The third kappa shape index (κ3) is 4.07. The van der Waals surface area contributed by atoms with Gasteiger partial charge in [0.1, 0.15) is 0 Å². The Labute approximate surface area is 147 Å². The highest BCUT2D eigenvalue weighted by Crippen LogP contribution is 2.32. The summed E-state index contributed by atoms with van der Waals surface area (Å²) in [5, 5.41) is 3.50. The highest BCUT2D eigenvalue weighted by Gasteiger charge is 2.28. The van der Waals surface area contributed by atoms with Crippen LogP contribution in [0.5, 0.6) is 0 Å². The average Bonchev–Trinajstić information content (AvgIpc) is 3.05. The monoisotopic (exact) mass is 344 g/mol. The molecule has 0 aromatic heterocycles. The maximum absolute atomic E-state index is 12.1. The van der Waals surface area contributed by atoms with E-state index in [0.717, 1.165) is 11.3 Å². The highest BCUT2D eigenvalue weighted by atomic mass is 32.2. The zero-order chi connectivity index (χ0) is 17.1. The van der Waals surface area contributed by atoms with Crippen molar-refractivity contribution in [2.45, 2.75) is 44.8 Å². The van der Waals surface area contributed by atoms with Gasteiger partial charge in [-0.25, -0.2) is 4.99 Å². The van der Waals surface area contributed by atoms with Crippen molar-refractivity contribution in [3.05, 3.63) is 35.6 Å². The first-order valence-electron chi connectivity index (χ1n) is 8.68. The molecule has 0 saturated heterocycles. The molecule has 1 saturated carbocycles. The molecule has 1 fully saturated rings. The van der Waals surface area contributed by atoms with Gasteiger partial charge in [-0.05, 0) is 36.5 Å². The summed E-state index contributed by atoms with van der Waals surface area (Å²) in [7, 11) is 0. The number of nitrogens with one attached hydrogen (secondary N) is 1. The molecule has 1 heterocycles. The summed E-state index contributed by atoms with van der Waals surface area (Å²) in [4.78, 5) is 28.1.